The summed E-state index contributed by atoms with van der Waals surface area (Å²) in [6.07, 6.45) is 4.84. The molecule has 2 aliphatic rings. The van der Waals surface area contributed by atoms with Gasteiger partial charge < -0.3 is 0 Å². The summed E-state index contributed by atoms with van der Waals surface area (Å²) >= 11 is 0. The van der Waals surface area contributed by atoms with E-state index in [9.17, 15) is 8.42 Å². The number of hydrogen-bond donors (Lipinski definition) is 1. The molecular weight excluding hydrogens is 198 g/mol. The molecule has 2 saturated carbocycles. The first-order chi connectivity index (χ1) is 6.50. The van der Waals surface area contributed by atoms with Gasteiger partial charge in [-0.25, -0.2) is 13.1 Å². The maximum Gasteiger partial charge on any atom is 0.214 e. The van der Waals surface area contributed by atoms with E-state index >= 15 is 0 Å². The SMILES string of the molecule is CC(C)S(=O)(=O)NC(C1CC1)C1CC1. The third kappa shape index (κ3) is 2.28. The molecule has 0 saturated heterocycles. The highest BCUT2D eigenvalue weighted by atomic mass is 32.2. The maximum atomic E-state index is 11.7. The predicted molar refractivity (Wildman–Crippen MR) is 56.4 cm³/mol. The molecule has 0 atom stereocenters. The van der Waals surface area contributed by atoms with Gasteiger partial charge >= 0.3 is 0 Å². The van der Waals surface area contributed by atoms with Crippen LogP contribution in [-0.2, 0) is 10.0 Å². The number of hydrogen-bond acceptors (Lipinski definition) is 2. The number of nitrogens with one attached hydrogen (secondary N) is 1. The first-order valence-electron chi connectivity index (χ1n) is 5.52. The van der Waals surface area contributed by atoms with Crippen LogP contribution in [0.25, 0.3) is 0 Å². The Kier molecular flexibility index (Phi) is 2.60. The molecule has 0 unspecified atom stereocenters. The lowest BCUT2D eigenvalue weighted by atomic mass is 10.1. The molecule has 0 aromatic heterocycles. The molecule has 2 aliphatic carbocycles. The van der Waals surface area contributed by atoms with Gasteiger partial charge in [0, 0.05) is 6.04 Å². The number of rotatable bonds is 5. The van der Waals surface area contributed by atoms with Crippen LogP contribution in [0.3, 0.4) is 0 Å². The molecule has 14 heavy (non-hydrogen) atoms. The Hall–Kier alpha value is -0.0900. The van der Waals surface area contributed by atoms with Crippen molar-refractivity contribution in [3.8, 4) is 0 Å². The average Bonchev–Trinajstić information content (AvgIpc) is 2.94. The van der Waals surface area contributed by atoms with E-state index in [-0.39, 0.29) is 11.3 Å². The minimum atomic E-state index is -3.06. The zero-order chi connectivity index (χ0) is 10.3. The van der Waals surface area contributed by atoms with E-state index in [4.69, 9.17) is 0 Å². The molecule has 0 amide bonds. The van der Waals surface area contributed by atoms with E-state index in [1.807, 2.05) is 0 Å². The highest BCUT2D eigenvalue weighted by molar-refractivity contribution is 7.90. The van der Waals surface area contributed by atoms with Crippen LogP contribution in [0.15, 0.2) is 0 Å². The van der Waals surface area contributed by atoms with Gasteiger partial charge in [0.25, 0.3) is 0 Å². The second-order valence-corrected chi connectivity index (χ2v) is 7.18. The molecule has 0 bridgehead atoms. The Morgan fingerprint density at radius 1 is 1.07 bits per heavy atom. The van der Waals surface area contributed by atoms with Crippen LogP contribution in [0.2, 0.25) is 0 Å². The Morgan fingerprint density at radius 2 is 1.50 bits per heavy atom. The quantitative estimate of drug-likeness (QED) is 0.758. The van der Waals surface area contributed by atoms with Crippen molar-refractivity contribution in [2.24, 2.45) is 11.8 Å². The fraction of sp³-hybridized carbons (Fsp3) is 1.00. The van der Waals surface area contributed by atoms with E-state index in [1.54, 1.807) is 13.8 Å². The molecule has 82 valence electrons. The summed E-state index contributed by atoms with van der Waals surface area (Å²) in [6.45, 7) is 3.47. The molecular formula is C10H19NO2S. The molecule has 2 rings (SSSR count). The summed E-state index contributed by atoms with van der Waals surface area (Å²) in [5.74, 6) is 1.27. The Bertz CT molecular complexity index is 290. The van der Waals surface area contributed by atoms with Gasteiger partial charge in [-0.05, 0) is 51.4 Å². The number of sulfonamides is 1. The third-order valence-electron chi connectivity index (χ3n) is 3.18. The highest BCUT2D eigenvalue weighted by Crippen LogP contribution is 2.44. The van der Waals surface area contributed by atoms with Gasteiger partial charge in [0.1, 0.15) is 0 Å². The van der Waals surface area contributed by atoms with Gasteiger partial charge in [0.2, 0.25) is 10.0 Å². The molecule has 0 aromatic carbocycles. The minimum Gasteiger partial charge on any atom is -0.212 e. The molecule has 0 aromatic rings. The van der Waals surface area contributed by atoms with Crippen molar-refractivity contribution in [1.29, 1.82) is 0 Å². The third-order valence-corrected chi connectivity index (χ3v) is 5.02. The zero-order valence-electron chi connectivity index (χ0n) is 8.86. The van der Waals surface area contributed by atoms with Gasteiger partial charge in [-0.15, -0.1) is 0 Å². The van der Waals surface area contributed by atoms with Crippen LogP contribution in [0, 0.1) is 11.8 Å². The van der Waals surface area contributed by atoms with Crippen LogP contribution in [-0.4, -0.2) is 19.7 Å². The fourth-order valence-corrected chi connectivity index (χ4v) is 2.85. The lowest BCUT2D eigenvalue weighted by Gasteiger charge is -2.19. The molecule has 0 aliphatic heterocycles. The predicted octanol–water partition coefficient (Wildman–Crippen LogP) is 1.50. The molecule has 4 heteroatoms. The van der Waals surface area contributed by atoms with Gasteiger partial charge in [0.15, 0.2) is 0 Å². The summed E-state index contributed by atoms with van der Waals surface area (Å²) in [7, 11) is -3.06. The Labute approximate surface area is 86.3 Å². The second-order valence-electron chi connectivity index (χ2n) is 4.91. The van der Waals surface area contributed by atoms with Crippen molar-refractivity contribution in [1.82, 2.24) is 4.72 Å². The second kappa shape index (κ2) is 3.49. The molecule has 0 heterocycles. The van der Waals surface area contributed by atoms with E-state index in [0.29, 0.717) is 11.8 Å². The monoisotopic (exact) mass is 217 g/mol. The Morgan fingerprint density at radius 3 is 1.79 bits per heavy atom. The molecule has 0 radical (unpaired) electrons. The van der Waals surface area contributed by atoms with Crippen molar-refractivity contribution in [2.45, 2.75) is 50.8 Å². The van der Waals surface area contributed by atoms with E-state index < -0.39 is 10.0 Å². The van der Waals surface area contributed by atoms with Crippen molar-refractivity contribution in [3.05, 3.63) is 0 Å². The summed E-state index contributed by atoms with van der Waals surface area (Å²) in [5.41, 5.74) is 0. The van der Waals surface area contributed by atoms with Crippen molar-refractivity contribution >= 4 is 10.0 Å². The van der Waals surface area contributed by atoms with Crippen LogP contribution >= 0.6 is 0 Å². The minimum absolute atomic E-state index is 0.252. The Balaban J connectivity index is 1.99. The zero-order valence-corrected chi connectivity index (χ0v) is 9.68. The average molecular weight is 217 g/mol. The summed E-state index contributed by atoms with van der Waals surface area (Å²) in [6, 6.07) is 0.252. The molecule has 3 nitrogen and oxygen atoms in total. The summed E-state index contributed by atoms with van der Waals surface area (Å²) in [5, 5.41) is -0.303. The summed E-state index contributed by atoms with van der Waals surface area (Å²) in [4.78, 5) is 0. The normalized spacial score (nSPS) is 23.4. The smallest absolute Gasteiger partial charge is 0.212 e. The molecule has 1 N–H and O–H groups in total. The van der Waals surface area contributed by atoms with E-state index in [2.05, 4.69) is 4.72 Å². The standard InChI is InChI=1S/C10H19NO2S/c1-7(2)14(12,13)11-10(8-3-4-8)9-5-6-9/h7-11H,3-6H2,1-2H3. The lowest BCUT2D eigenvalue weighted by molar-refractivity contribution is 0.468. The topological polar surface area (TPSA) is 46.2 Å². The van der Waals surface area contributed by atoms with Gasteiger partial charge in [-0.2, -0.15) is 0 Å². The first-order valence-corrected chi connectivity index (χ1v) is 7.06. The van der Waals surface area contributed by atoms with Crippen LogP contribution < -0.4 is 4.72 Å². The summed E-state index contributed by atoms with van der Waals surface area (Å²) < 4.78 is 26.3. The van der Waals surface area contributed by atoms with Crippen LogP contribution in [0.1, 0.15) is 39.5 Å². The van der Waals surface area contributed by atoms with Gasteiger partial charge in [0.05, 0.1) is 5.25 Å². The molecule has 2 fully saturated rings. The van der Waals surface area contributed by atoms with Gasteiger partial charge in [-0.1, -0.05) is 0 Å². The van der Waals surface area contributed by atoms with Crippen molar-refractivity contribution in [2.75, 3.05) is 0 Å². The lowest BCUT2D eigenvalue weighted by Crippen LogP contribution is -2.41. The first kappa shape index (κ1) is 10.4. The largest absolute Gasteiger partial charge is 0.214 e. The highest BCUT2D eigenvalue weighted by Gasteiger charge is 2.43. The molecule has 0 spiro atoms. The van der Waals surface area contributed by atoms with Crippen molar-refractivity contribution < 1.29 is 8.42 Å². The fourth-order valence-electron chi connectivity index (χ4n) is 1.81. The maximum absolute atomic E-state index is 11.7. The van der Waals surface area contributed by atoms with E-state index in [0.717, 1.165) is 0 Å². The van der Waals surface area contributed by atoms with Gasteiger partial charge in [-0.3, -0.25) is 0 Å². The van der Waals surface area contributed by atoms with Crippen LogP contribution in [0.5, 0.6) is 0 Å². The van der Waals surface area contributed by atoms with Crippen LogP contribution in [0.4, 0.5) is 0 Å². The van der Waals surface area contributed by atoms with E-state index in [1.165, 1.54) is 25.7 Å². The van der Waals surface area contributed by atoms with Crippen molar-refractivity contribution in [3.63, 3.8) is 0 Å².